The highest BCUT2D eigenvalue weighted by molar-refractivity contribution is 9.10. The van der Waals surface area contributed by atoms with Crippen molar-refractivity contribution in [2.75, 3.05) is 13.7 Å². The molecule has 0 aliphatic heterocycles. The maximum absolute atomic E-state index is 5.85. The topological polar surface area (TPSA) is 44.5 Å². The van der Waals surface area contributed by atoms with Crippen LogP contribution in [0.15, 0.2) is 22.7 Å². The summed E-state index contributed by atoms with van der Waals surface area (Å²) in [5.74, 6) is 0.887. The second-order valence-corrected chi connectivity index (χ2v) is 5.50. The second-order valence-electron chi connectivity index (χ2n) is 4.64. The molecule has 0 bridgehead atoms. The quantitative estimate of drug-likeness (QED) is 0.840. The Kier molecular flexibility index (Phi) is 6.68. The molecule has 4 heteroatoms. The van der Waals surface area contributed by atoms with Gasteiger partial charge in [-0.25, -0.2) is 0 Å². The highest BCUT2D eigenvalue weighted by atomic mass is 79.9. The van der Waals surface area contributed by atoms with Crippen LogP contribution in [0.25, 0.3) is 0 Å². The number of benzene rings is 1. The molecule has 0 saturated heterocycles. The van der Waals surface area contributed by atoms with Crippen molar-refractivity contribution in [3.8, 4) is 5.75 Å². The average molecular weight is 316 g/mol. The van der Waals surface area contributed by atoms with Crippen LogP contribution in [0.2, 0.25) is 0 Å². The van der Waals surface area contributed by atoms with Gasteiger partial charge in [0.2, 0.25) is 0 Å². The first-order valence-corrected chi connectivity index (χ1v) is 7.01. The van der Waals surface area contributed by atoms with E-state index in [0.29, 0.717) is 6.61 Å². The summed E-state index contributed by atoms with van der Waals surface area (Å²) in [6.45, 7) is 4.76. The van der Waals surface area contributed by atoms with Crippen LogP contribution in [0, 0.1) is 0 Å². The summed E-state index contributed by atoms with van der Waals surface area (Å²) in [7, 11) is 1.70. The molecule has 0 radical (unpaired) electrons. The third-order valence-electron chi connectivity index (χ3n) is 2.62. The van der Waals surface area contributed by atoms with Crippen LogP contribution >= 0.6 is 15.9 Å². The number of ether oxygens (including phenoxy) is 2. The molecular weight excluding hydrogens is 294 g/mol. The van der Waals surface area contributed by atoms with E-state index in [4.69, 9.17) is 15.2 Å². The number of hydrogen-bond acceptors (Lipinski definition) is 3. The zero-order valence-electron chi connectivity index (χ0n) is 11.3. The number of hydrogen-bond donors (Lipinski definition) is 1. The van der Waals surface area contributed by atoms with Gasteiger partial charge in [-0.2, -0.15) is 0 Å². The maximum atomic E-state index is 5.85. The van der Waals surface area contributed by atoms with E-state index in [-0.39, 0.29) is 12.1 Å². The third kappa shape index (κ3) is 5.38. The molecule has 0 heterocycles. The number of halogens is 1. The van der Waals surface area contributed by atoms with E-state index in [2.05, 4.69) is 22.0 Å². The van der Waals surface area contributed by atoms with E-state index in [1.54, 1.807) is 7.11 Å². The van der Waals surface area contributed by atoms with Gasteiger partial charge >= 0.3 is 0 Å². The van der Waals surface area contributed by atoms with Gasteiger partial charge in [0.1, 0.15) is 5.75 Å². The molecule has 1 rings (SSSR count). The molecule has 1 aromatic rings. The molecule has 102 valence electrons. The van der Waals surface area contributed by atoms with Crippen LogP contribution in [0.3, 0.4) is 0 Å². The smallest absolute Gasteiger partial charge is 0.120 e. The lowest BCUT2D eigenvalue weighted by Gasteiger charge is -2.16. The Morgan fingerprint density at radius 1 is 1.33 bits per heavy atom. The van der Waals surface area contributed by atoms with Crippen molar-refractivity contribution < 1.29 is 9.47 Å². The summed E-state index contributed by atoms with van der Waals surface area (Å²) in [4.78, 5) is 0. The Morgan fingerprint density at radius 3 is 2.67 bits per heavy atom. The maximum Gasteiger partial charge on any atom is 0.120 e. The van der Waals surface area contributed by atoms with Gasteiger partial charge in [0.25, 0.3) is 0 Å². The standard InChI is InChI=1S/C14H22BrNO2/c1-10(16)8-12-9-13(4-5-14(12)15)18-11(2)6-7-17-3/h4-5,9-11H,6-8,16H2,1-3H3. The predicted molar refractivity (Wildman–Crippen MR) is 78.1 cm³/mol. The molecule has 0 aliphatic carbocycles. The van der Waals surface area contributed by atoms with E-state index in [1.165, 1.54) is 5.56 Å². The van der Waals surface area contributed by atoms with Crippen molar-refractivity contribution in [2.45, 2.75) is 38.8 Å². The van der Waals surface area contributed by atoms with Crippen LogP contribution in [0.5, 0.6) is 5.75 Å². The third-order valence-corrected chi connectivity index (χ3v) is 3.40. The minimum Gasteiger partial charge on any atom is -0.491 e. The molecule has 2 N–H and O–H groups in total. The van der Waals surface area contributed by atoms with E-state index in [9.17, 15) is 0 Å². The first kappa shape index (κ1) is 15.5. The Labute approximate surface area is 118 Å². The van der Waals surface area contributed by atoms with Crippen molar-refractivity contribution in [2.24, 2.45) is 5.73 Å². The monoisotopic (exact) mass is 315 g/mol. The van der Waals surface area contributed by atoms with Gasteiger partial charge < -0.3 is 15.2 Å². The van der Waals surface area contributed by atoms with Crippen molar-refractivity contribution in [1.29, 1.82) is 0 Å². The molecule has 2 atom stereocenters. The molecule has 0 saturated carbocycles. The number of methoxy groups -OCH3 is 1. The fourth-order valence-corrected chi connectivity index (χ4v) is 2.11. The van der Waals surface area contributed by atoms with Gasteiger partial charge in [-0.05, 0) is 44.0 Å². The van der Waals surface area contributed by atoms with E-state index < -0.39 is 0 Å². The molecule has 0 fully saturated rings. The van der Waals surface area contributed by atoms with Gasteiger partial charge in [-0.1, -0.05) is 15.9 Å². The Morgan fingerprint density at radius 2 is 2.06 bits per heavy atom. The fourth-order valence-electron chi connectivity index (χ4n) is 1.70. The molecule has 18 heavy (non-hydrogen) atoms. The molecule has 1 aromatic carbocycles. The summed E-state index contributed by atoms with van der Waals surface area (Å²) in [5, 5.41) is 0. The largest absolute Gasteiger partial charge is 0.491 e. The lowest BCUT2D eigenvalue weighted by molar-refractivity contribution is 0.135. The van der Waals surface area contributed by atoms with Gasteiger partial charge in [-0.15, -0.1) is 0 Å². The number of nitrogens with two attached hydrogens (primary N) is 1. The van der Waals surface area contributed by atoms with E-state index in [0.717, 1.165) is 23.1 Å². The van der Waals surface area contributed by atoms with E-state index in [1.807, 2.05) is 26.0 Å². The summed E-state index contributed by atoms with van der Waals surface area (Å²) < 4.78 is 12.0. The second kappa shape index (κ2) is 7.77. The molecule has 2 unspecified atom stereocenters. The molecule has 0 amide bonds. The van der Waals surface area contributed by atoms with Gasteiger partial charge in [0.15, 0.2) is 0 Å². The van der Waals surface area contributed by atoms with Crippen LogP contribution in [-0.4, -0.2) is 25.9 Å². The van der Waals surface area contributed by atoms with Crippen molar-refractivity contribution in [3.63, 3.8) is 0 Å². The first-order valence-electron chi connectivity index (χ1n) is 6.22. The normalized spacial score (nSPS) is 14.3. The van der Waals surface area contributed by atoms with Crippen LogP contribution in [0.1, 0.15) is 25.8 Å². The highest BCUT2D eigenvalue weighted by Crippen LogP contribution is 2.24. The molecular formula is C14H22BrNO2. The summed E-state index contributed by atoms with van der Waals surface area (Å²) in [6.07, 6.45) is 1.87. The predicted octanol–water partition coefficient (Wildman–Crippen LogP) is 3.14. The molecule has 0 aliphatic rings. The van der Waals surface area contributed by atoms with Crippen LogP contribution in [-0.2, 0) is 11.2 Å². The molecule has 0 spiro atoms. The fraction of sp³-hybridized carbons (Fsp3) is 0.571. The van der Waals surface area contributed by atoms with Crippen molar-refractivity contribution in [1.82, 2.24) is 0 Å². The van der Waals surface area contributed by atoms with Crippen molar-refractivity contribution in [3.05, 3.63) is 28.2 Å². The van der Waals surface area contributed by atoms with Gasteiger partial charge in [0.05, 0.1) is 6.10 Å². The zero-order chi connectivity index (χ0) is 13.5. The minimum absolute atomic E-state index is 0.141. The van der Waals surface area contributed by atoms with Gasteiger partial charge in [-0.3, -0.25) is 0 Å². The van der Waals surface area contributed by atoms with Crippen LogP contribution in [0.4, 0.5) is 0 Å². The van der Waals surface area contributed by atoms with Crippen LogP contribution < -0.4 is 10.5 Å². The summed E-state index contributed by atoms with van der Waals surface area (Å²) in [5.41, 5.74) is 7.01. The Bertz CT molecular complexity index is 369. The average Bonchev–Trinajstić information content (AvgIpc) is 2.30. The SMILES string of the molecule is COCCC(C)Oc1ccc(Br)c(CC(C)N)c1. The first-order chi connectivity index (χ1) is 8.52. The Balaban J connectivity index is 2.66. The molecule has 0 aromatic heterocycles. The summed E-state index contributed by atoms with van der Waals surface area (Å²) in [6, 6.07) is 6.17. The summed E-state index contributed by atoms with van der Waals surface area (Å²) >= 11 is 3.54. The lowest BCUT2D eigenvalue weighted by Crippen LogP contribution is -2.18. The lowest BCUT2D eigenvalue weighted by atomic mass is 10.1. The van der Waals surface area contributed by atoms with Gasteiger partial charge in [0, 0.05) is 30.7 Å². The molecule has 3 nitrogen and oxygen atoms in total. The number of rotatable bonds is 7. The van der Waals surface area contributed by atoms with E-state index >= 15 is 0 Å². The van der Waals surface area contributed by atoms with Crippen molar-refractivity contribution >= 4 is 15.9 Å². The highest BCUT2D eigenvalue weighted by Gasteiger charge is 2.08. The zero-order valence-corrected chi connectivity index (χ0v) is 12.9. The minimum atomic E-state index is 0.141. The Hall–Kier alpha value is -0.580.